The maximum Gasteiger partial charge on any atom is 0.135 e. The fourth-order valence-electron chi connectivity index (χ4n) is 2.15. The van der Waals surface area contributed by atoms with Gasteiger partial charge >= 0.3 is 0 Å². The predicted octanol–water partition coefficient (Wildman–Crippen LogP) is 4.72. The van der Waals surface area contributed by atoms with Crippen molar-refractivity contribution in [1.29, 1.82) is 0 Å². The highest BCUT2D eigenvalue weighted by atomic mass is 35.5. The summed E-state index contributed by atoms with van der Waals surface area (Å²) in [7, 11) is 0. The first-order valence-electron chi connectivity index (χ1n) is 7.48. The number of nitrogens with one attached hydrogen (secondary N) is 1. The summed E-state index contributed by atoms with van der Waals surface area (Å²) in [5, 5.41) is 4.05. The van der Waals surface area contributed by atoms with Crippen LogP contribution in [0.5, 0.6) is 0 Å². The van der Waals surface area contributed by atoms with Gasteiger partial charge in [0.25, 0.3) is 0 Å². The van der Waals surface area contributed by atoms with Crippen molar-refractivity contribution in [2.45, 2.75) is 52.6 Å². The summed E-state index contributed by atoms with van der Waals surface area (Å²) in [6.45, 7) is 12.5. The minimum atomic E-state index is -0.169. The van der Waals surface area contributed by atoms with Crippen molar-refractivity contribution in [1.82, 2.24) is 5.32 Å². The summed E-state index contributed by atoms with van der Waals surface area (Å²) >= 11 is 6.13. The van der Waals surface area contributed by atoms with Crippen LogP contribution >= 0.6 is 11.6 Å². The monoisotopic (exact) mass is 317 g/mol. The highest BCUT2D eigenvalue weighted by Crippen LogP contribution is 2.25. The first-order chi connectivity index (χ1) is 10.0. The number of rotatable bonds is 1. The Morgan fingerprint density at radius 3 is 2.14 bits per heavy atom. The van der Waals surface area contributed by atoms with Crippen molar-refractivity contribution in [2.24, 2.45) is 9.98 Å². The van der Waals surface area contributed by atoms with Crippen molar-refractivity contribution >= 4 is 28.8 Å². The van der Waals surface area contributed by atoms with Crippen molar-refractivity contribution < 1.29 is 0 Å². The highest BCUT2D eigenvalue weighted by molar-refractivity contribution is 6.37. The average molecular weight is 318 g/mol. The number of aliphatic imine (C=N–C) groups is 2. The van der Waals surface area contributed by atoms with E-state index in [0.29, 0.717) is 0 Å². The molecule has 3 nitrogen and oxygen atoms in total. The van der Waals surface area contributed by atoms with Gasteiger partial charge in [-0.25, -0.2) is 0 Å². The molecule has 0 bridgehead atoms. The maximum absolute atomic E-state index is 6.13. The summed E-state index contributed by atoms with van der Waals surface area (Å²) in [5.41, 5.74) is 1.76. The van der Waals surface area contributed by atoms with Crippen molar-refractivity contribution in [2.75, 3.05) is 0 Å². The molecule has 1 heterocycles. The van der Waals surface area contributed by atoms with E-state index in [4.69, 9.17) is 21.6 Å². The van der Waals surface area contributed by atoms with Gasteiger partial charge in [-0.3, -0.25) is 9.98 Å². The summed E-state index contributed by atoms with van der Waals surface area (Å²) in [5.74, 6) is 1.68. The van der Waals surface area contributed by atoms with E-state index >= 15 is 0 Å². The lowest BCUT2D eigenvalue weighted by molar-refractivity contribution is 0.580. The van der Waals surface area contributed by atoms with Gasteiger partial charge < -0.3 is 5.32 Å². The molecule has 0 spiro atoms. The molecular formula is C18H24ClN3. The molecule has 0 saturated carbocycles. The quantitative estimate of drug-likeness (QED) is 0.799. The first kappa shape index (κ1) is 16.8. The second-order valence-electron chi connectivity index (χ2n) is 7.49. The van der Waals surface area contributed by atoms with Gasteiger partial charge in [0.1, 0.15) is 11.7 Å². The van der Waals surface area contributed by atoms with Crippen LogP contribution in [-0.2, 0) is 0 Å². The van der Waals surface area contributed by atoms with E-state index in [9.17, 15) is 0 Å². The molecule has 0 fully saturated rings. The molecule has 0 aromatic heterocycles. The van der Waals surface area contributed by atoms with Crippen LogP contribution in [0.3, 0.4) is 0 Å². The summed E-state index contributed by atoms with van der Waals surface area (Å²) in [6.07, 6.45) is 2.04. The smallest absolute Gasteiger partial charge is 0.135 e. The van der Waals surface area contributed by atoms with E-state index in [1.165, 1.54) is 0 Å². The fraction of sp³-hybridized carbons (Fsp3) is 0.444. The van der Waals surface area contributed by atoms with E-state index in [1.807, 2.05) is 30.3 Å². The molecule has 0 atom stereocenters. The van der Waals surface area contributed by atoms with Crippen molar-refractivity contribution in [3.05, 3.63) is 40.9 Å². The van der Waals surface area contributed by atoms with Crippen molar-refractivity contribution in [3.8, 4) is 0 Å². The van der Waals surface area contributed by atoms with Gasteiger partial charge in [-0.05, 0) is 65.3 Å². The summed E-state index contributed by atoms with van der Waals surface area (Å²) in [4.78, 5) is 9.49. The Bertz CT molecular complexity index is 656. The van der Waals surface area contributed by atoms with Crippen LogP contribution in [0.2, 0.25) is 5.02 Å². The summed E-state index contributed by atoms with van der Waals surface area (Å²) in [6, 6.07) is 7.82. The minimum absolute atomic E-state index is 0.143. The van der Waals surface area contributed by atoms with Gasteiger partial charge in [0.05, 0.1) is 11.1 Å². The SMILES string of the molecule is CC(C)(C)N=C1C=C(c2cccc(Cl)c2)C(=NC(C)(C)C)N1. The zero-order valence-corrected chi connectivity index (χ0v) is 14.9. The molecule has 1 aliphatic heterocycles. The van der Waals surface area contributed by atoms with Gasteiger partial charge in [-0.15, -0.1) is 0 Å². The normalized spacial score (nSPS) is 19.5. The zero-order valence-electron chi connectivity index (χ0n) is 14.2. The Balaban J connectivity index is 2.51. The molecule has 0 amide bonds. The third-order valence-corrected chi connectivity index (χ3v) is 3.06. The highest BCUT2D eigenvalue weighted by Gasteiger charge is 2.23. The lowest BCUT2D eigenvalue weighted by Crippen LogP contribution is -2.28. The second kappa shape index (κ2) is 5.88. The van der Waals surface area contributed by atoms with E-state index in [2.05, 4.69) is 46.9 Å². The molecule has 1 aromatic carbocycles. The Hall–Kier alpha value is -1.61. The van der Waals surface area contributed by atoms with E-state index < -0.39 is 0 Å². The van der Waals surface area contributed by atoms with E-state index in [-0.39, 0.29) is 11.1 Å². The molecule has 118 valence electrons. The van der Waals surface area contributed by atoms with Crippen LogP contribution in [0, 0.1) is 0 Å². The molecule has 1 aliphatic rings. The molecule has 1 aromatic rings. The molecule has 0 aliphatic carbocycles. The third-order valence-electron chi connectivity index (χ3n) is 2.82. The summed E-state index contributed by atoms with van der Waals surface area (Å²) < 4.78 is 0. The Morgan fingerprint density at radius 1 is 0.955 bits per heavy atom. The minimum Gasteiger partial charge on any atom is -0.325 e. The molecular weight excluding hydrogens is 294 g/mol. The molecule has 0 unspecified atom stereocenters. The third kappa shape index (κ3) is 4.70. The van der Waals surface area contributed by atoms with Crippen LogP contribution in [0.1, 0.15) is 47.1 Å². The standard InChI is InChI=1S/C18H24ClN3/c1-17(2,3)21-15-11-14(12-8-7-9-13(19)10-12)16(20-15)22-18(4,5)6/h7-11H,1-6H3,(H,20,21,22). The Labute approximate surface area is 138 Å². The number of halogens is 1. The maximum atomic E-state index is 6.13. The molecule has 0 saturated heterocycles. The number of hydrogen-bond acceptors (Lipinski definition) is 2. The lowest BCUT2D eigenvalue weighted by atomic mass is 10.0. The predicted molar refractivity (Wildman–Crippen MR) is 96.9 cm³/mol. The number of hydrogen-bond donors (Lipinski definition) is 1. The van der Waals surface area contributed by atoms with Gasteiger partial charge in [0.15, 0.2) is 0 Å². The fourth-order valence-corrected chi connectivity index (χ4v) is 2.34. The van der Waals surface area contributed by atoms with Crippen LogP contribution in [0.4, 0.5) is 0 Å². The lowest BCUT2D eigenvalue weighted by Gasteiger charge is -2.16. The Morgan fingerprint density at radius 2 is 1.59 bits per heavy atom. The number of amidine groups is 2. The van der Waals surface area contributed by atoms with Crippen LogP contribution < -0.4 is 5.32 Å². The first-order valence-corrected chi connectivity index (χ1v) is 7.86. The number of nitrogens with zero attached hydrogens (tertiary/aromatic N) is 2. The van der Waals surface area contributed by atoms with Crippen LogP contribution in [-0.4, -0.2) is 22.7 Å². The van der Waals surface area contributed by atoms with Gasteiger partial charge in [-0.2, -0.15) is 0 Å². The molecule has 2 rings (SSSR count). The van der Waals surface area contributed by atoms with E-state index in [1.54, 1.807) is 0 Å². The molecule has 0 radical (unpaired) electrons. The van der Waals surface area contributed by atoms with Crippen LogP contribution in [0.25, 0.3) is 5.57 Å². The van der Waals surface area contributed by atoms with Gasteiger partial charge in [0.2, 0.25) is 0 Å². The molecule has 4 heteroatoms. The van der Waals surface area contributed by atoms with Gasteiger partial charge in [0, 0.05) is 10.6 Å². The Kier molecular flexibility index (Phi) is 4.48. The topological polar surface area (TPSA) is 36.8 Å². The molecule has 22 heavy (non-hydrogen) atoms. The average Bonchev–Trinajstić information content (AvgIpc) is 2.66. The van der Waals surface area contributed by atoms with Crippen LogP contribution in [0.15, 0.2) is 40.3 Å². The molecule has 1 N–H and O–H groups in total. The second-order valence-corrected chi connectivity index (χ2v) is 7.93. The largest absolute Gasteiger partial charge is 0.325 e. The zero-order chi connectivity index (χ0) is 16.5. The van der Waals surface area contributed by atoms with Crippen molar-refractivity contribution in [3.63, 3.8) is 0 Å². The number of benzene rings is 1. The van der Waals surface area contributed by atoms with E-state index in [0.717, 1.165) is 27.8 Å². The van der Waals surface area contributed by atoms with Gasteiger partial charge in [-0.1, -0.05) is 23.7 Å².